The molecule has 3 heterocycles. The molecule has 0 bridgehead atoms. The van der Waals surface area contributed by atoms with Crippen LogP contribution in [0.5, 0.6) is 0 Å². The smallest absolute Gasteiger partial charge is 0.242 e. The number of para-hydroxylation sites is 2. The first kappa shape index (κ1) is 21.2. The molecular weight excluding hydrogens is 400 g/mol. The summed E-state index contributed by atoms with van der Waals surface area (Å²) < 4.78 is 7.32. The van der Waals surface area contributed by atoms with Crippen LogP contribution in [0.1, 0.15) is 32.6 Å². The fourth-order valence-corrected chi connectivity index (χ4v) is 5.23. The molecule has 2 aliphatic rings. The van der Waals surface area contributed by atoms with Gasteiger partial charge in [0.05, 0.1) is 30.0 Å². The van der Waals surface area contributed by atoms with Crippen molar-refractivity contribution in [3.8, 4) is 0 Å². The van der Waals surface area contributed by atoms with E-state index in [1.807, 2.05) is 38.6 Å². The molecule has 2 amide bonds. The van der Waals surface area contributed by atoms with Gasteiger partial charge in [0.1, 0.15) is 6.54 Å². The Labute approximate surface area is 181 Å². The number of carbonyl (C=O) groups excluding carboxylic acids is 2. The maximum Gasteiger partial charge on any atom is 0.242 e. The molecule has 2 saturated heterocycles. The lowest BCUT2D eigenvalue weighted by atomic mass is 10.0. The van der Waals surface area contributed by atoms with Crippen LogP contribution in [0.3, 0.4) is 0 Å². The maximum atomic E-state index is 12.9. The second kappa shape index (κ2) is 9.83. The number of piperidine rings is 1. The summed E-state index contributed by atoms with van der Waals surface area (Å²) in [6, 6.07) is 8.20. The summed E-state index contributed by atoms with van der Waals surface area (Å²) in [6.45, 7) is 5.66. The summed E-state index contributed by atoms with van der Waals surface area (Å²) in [5, 5.41) is 0.733. The molecule has 1 aromatic carbocycles. The molecule has 30 heavy (non-hydrogen) atoms. The molecule has 1 atom stereocenters. The van der Waals surface area contributed by atoms with Gasteiger partial charge >= 0.3 is 0 Å². The molecule has 0 unspecified atom stereocenters. The van der Waals surface area contributed by atoms with Gasteiger partial charge < -0.3 is 19.1 Å². The van der Waals surface area contributed by atoms with E-state index in [2.05, 4.69) is 6.92 Å². The number of ether oxygens (including phenoxy) is 1. The highest BCUT2D eigenvalue weighted by atomic mass is 32.2. The molecule has 4 rings (SSSR count). The Kier molecular flexibility index (Phi) is 6.94. The van der Waals surface area contributed by atoms with Crippen molar-refractivity contribution in [2.45, 2.75) is 50.4 Å². The number of hydrogen-bond donors (Lipinski definition) is 0. The minimum absolute atomic E-state index is 0.0664. The molecule has 0 saturated carbocycles. The summed E-state index contributed by atoms with van der Waals surface area (Å²) in [5.41, 5.74) is 1.78. The molecule has 2 fully saturated rings. The standard InChI is InChI=1S/C22H30N4O3S/c1-2-17-7-5-6-10-25(17)21(28)16-30-22-23-18-8-3-4-9-19(18)26(22)15-20(27)24-11-13-29-14-12-24/h3-4,8-9,17H,2,5-7,10-16H2,1H3/t17-/m1/s1. The van der Waals surface area contributed by atoms with E-state index in [9.17, 15) is 9.59 Å². The van der Waals surface area contributed by atoms with E-state index in [4.69, 9.17) is 9.72 Å². The quantitative estimate of drug-likeness (QED) is 0.660. The zero-order valence-electron chi connectivity index (χ0n) is 17.6. The summed E-state index contributed by atoms with van der Waals surface area (Å²) in [6.07, 6.45) is 4.39. The van der Waals surface area contributed by atoms with Crippen molar-refractivity contribution in [1.29, 1.82) is 0 Å². The van der Waals surface area contributed by atoms with Crippen molar-refractivity contribution < 1.29 is 14.3 Å². The lowest BCUT2D eigenvalue weighted by Gasteiger charge is -2.35. The minimum Gasteiger partial charge on any atom is -0.378 e. The van der Waals surface area contributed by atoms with Crippen LogP contribution < -0.4 is 0 Å². The minimum atomic E-state index is 0.0664. The van der Waals surface area contributed by atoms with Crippen molar-refractivity contribution in [3.05, 3.63) is 24.3 Å². The fraction of sp³-hybridized carbons (Fsp3) is 0.591. The van der Waals surface area contributed by atoms with Crippen molar-refractivity contribution in [2.24, 2.45) is 0 Å². The second-order valence-corrected chi connectivity index (χ2v) is 8.84. The summed E-state index contributed by atoms with van der Waals surface area (Å²) in [7, 11) is 0. The van der Waals surface area contributed by atoms with Gasteiger partial charge in [0, 0.05) is 25.7 Å². The van der Waals surface area contributed by atoms with Crippen LogP contribution in [0, 0.1) is 0 Å². The normalized spacial score (nSPS) is 20.0. The number of morpholine rings is 1. The number of benzene rings is 1. The van der Waals surface area contributed by atoms with Gasteiger partial charge in [-0.05, 0) is 37.8 Å². The fourth-order valence-electron chi connectivity index (χ4n) is 4.33. The number of hydrogen-bond acceptors (Lipinski definition) is 5. The van der Waals surface area contributed by atoms with E-state index in [0.717, 1.165) is 42.0 Å². The third-order valence-corrected chi connectivity index (χ3v) is 6.98. The number of amides is 2. The Morgan fingerprint density at radius 1 is 1.13 bits per heavy atom. The number of rotatable bonds is 6. The Balaban J connectivity index is 1.49. The monoisotopic (exact) mass is 430 g/mol. The summed E-state index contributed by atoms with van der Waals surface area (Å²) >= 11 is 1.44. The van der Waals surface area contributed by atoms with Crippen molar-refractivity contribution in [1.82, 2.24) is 19.4 Å². The first-order valence-electron chi connectivity index (χ1n) is 10.9. The van der Waals surface area contributed by atoms with Crippen LogP contribution >= 0.6 is 11.8 Å². The largest absolute Gasteiger partial charge is 0.378 e. The first-order valence-corrected chi connectivity index (χ1v) is 11.9. The number of carbonyl (C=O) groups is 2. The van der Waals surface area contributed by atoms with Gasteiger partial charge in [-0.1, -0.05) is 30.8 Å². The van der Waals surface area contributed by atoms with Crippen molar-refractivity contribution >= 4 is 34.6 Å². The van der Waals surface area contributed by atoms with Gasteiger partial charge in [0.2, 0.25) is 11.8 Å². The SMILES string of the molecule is CC[C@@H]1CCCCN1C(=O)CSc1nc2ccccc2n1CC(=O)N1CCOCC1. The average molecular weight is 431 g/mol. The topological polar surface area (TPSA) is 67.7 Å². The lowest BCUT2D eigenvalue weighted by Crippen LogP contribution is -2.44. The first-order chi connectivity index (χ1) is 14.7. The highest BCUT2D eigenvalue weighted by molar-refractivity contribution is 7.99. The highest BCUT2D eigenvalue weighted by Crippen LogP contribution is 2.26. The number of likely N-dealkylation sites (tertiary alicyclic amines) is 1. The van der Waals surface area contributed by atoms with Gasteiger partial charge in [-0.3, -0.25) is 9.59 Å². The van der Waals surface area contributed by atoms with E-state index in [1.165, 1.54) is 18.2 Å². The molecule has 1 aromatic heterocycles. The summed E-state index contributed by atoms with van der Waals surface area (Å²) in [4.78, 5) is 34.4. The molecular formula is C22H30N4O3S. The molecule has 0 N–H and O–H groups in total. The van der Waals surface area contributed by atoms with Gasteiger partial charge in [-0.2, -0.15) is 0 Å². The third kappa shape index (κ3) is 4.64. The Hall–Kier alpha value is -2.06. The van der Waals surface area contributed by atoms with Gasteiger partial charge in [-0.25, -0.2) is 4.98 Å². The number of nitrogens with zero attached hydrogens (tertiary/aromatic N) is 4. The maximum absolute atomic E-state index is 12.9. The third-order valence-electron chi connectivity index (χ3n) is 6.02. The number of imidazole rings is 1. The molecule has 7 nitrogen and oxygen atoms in total. The highest BCUT2D eigenvalue weighted by Gasteiger charge is 2.26. The van der Waals surface area contributed by atoms with Gasteiger partial charge in [-0.15, -0.1) is 0 Å². The van der Waals surface area contributed by atoms with Crippen LogP contribution in [0.15, 0.2) is 29.4 Å². The molecule has 0 aliphatic carbocycles. The molecule has 2 aromatic rings. The number of thioether (sulfide) groups is 1. The van der Waals surface area contributed by atoms with E-state index >= 15 is 0 Å². The van der Waals surface area contributed by atoms with Crippen LogP contribution in [-0.4, -0.2) is 75.8 Å². The van der Waals surface area contributed by atoms with Gasteiger partial charge in [0.25, 0.3) is 0 Å². The van der Waals surface area contributed by atoms with E-state index in [0.29, 0.717) is 38.1 Å². The van der Waals surface area contributed by atoms with E-state index in [1.54, 1.807) is 0 Å². The molecule has 0 spiro atoms. The van der Waals surface area contributed by atoms with Crippen LogP contribution in [0.4, 0.5) is 0 Å². The second-order valence-electron chi connectivity index (χ2n) is 7.90. The predicted molar refractivity (Wildman–Crippen MR) is 117 cm³/mol. The van der Waals surface area contributed by atoms with Crippen molar-refractivity contribution in [3.63, 3.8) is 0 Å². The van der Waals surface area contributed by atoms with Crippen LogP contribution in [0.2, 0.25) is 0 Å². The Bertz CT molecular complexity index is 894. The predicted octanol–water partition coefficient (Wildman–Crippen LogP) is 2.78. The van der Waals surface area contributed by atoms with Crippen molar-refractivity contribution in [2.75, 3.05) is 38.6 Å². The Morgan fingerprint density at radius 3 is 2.73 bits per heavy atom. The summed E-state index contributed by atoms with van der Waals surface area (Å²) in [5.74, 6) is 0.590. The molecule has 2 aliphatic heterocycles. The number of fused-ring (bicyclic) bond motifs is 1. The zero-order valence-corrected chi connectivity index (χ0v) is 18.4. The van der Waals surface area contributed by atoms with E-state index < -0.39 is 0 Å². The molecule has 8 heteroatoms. The average Bonchev–Trinajstić information content (AvgIpc) is 3.15. The Morgan fingerprint density at radius 2 is 1.93 bits per heavy atom. The molecule has 162 valence electrons. The number of aromatic nitrogens is 2. The lowest BCUT2D eigenvalue weighted by molar-refractivity contribution is -0.136. The zero-order chi connectivity index (χ0) is 20.9. The molecule has 0 radical (unpaired) electrons. The van der Waals surface area contributed by atoms with Crippen LogP contribution in [0.25, 0.3) is 11.0 Å². The van der Waals surface area contributed by atoms with Gasteiger partial charge in [0.15, 0.2) is 5.16 Å². The van der Waals surface area contributed by atoms with Crippen LogP contribution in [-0.2, 0) is 20.9 Å². The van der Waals surface area contributed by atoms with E-state index in [-0.39, 0.29) is 18.4 Å².